The van der Waals surface area contributed by atoms with Crippen LogP contribution in [-0.4, -0.2) is 21.1 Å². The van der Waals surface area contributed by atoms with E-state index in [1.807, 2.05) is 6.07 Å². The summed E-state index contributed by atoms with van der Waals surface area (Å²) in [6.07, 6.45) is 3.13. The van der Waals surface area contributed by atoms with E-state index in [2.05, 4.69) is 20.5 Å². The van der Waals surface area contributed by atoms with Crippen LogP contribution in [0.5, 0.6) is 0 Å². The van der Waals surface area contributed by atoms with Gasteiger partial charge < -0.3 is 0 Å². The first-order valence-electron chi connectivity index (χ1n) is 8.66. The second-order valence-electron chi connectivity index (χ2n) is 6.13. The summed E-state index contributed by atoms with van der Waals surface area (Å²) in [6, 6.07) is 17.8. The molecule has 0 bridgehead atoms. The third-order valence-corrected chi connectivity index (χ3v) is 4.24. The molecule has 0 radical (unpaired) electrons. The first-order valence-corrected chi connectivity index (χ1v) is 8.66. The molecule has 0 saturated carbocycles. The Morgan fingerprint density at radius 2 is 1.83 bits per heavy atom. The quantitative estimate of drug-likeness (QED) is 0.302. The number of pyridine rings is 2. The van der Waals surface area contributed by atoms with Crippen molar-refractivity contribution in [3.05, 3.63) is 94.4 Å². The molecular weight excluding hydrogens is 373 g/mol. The fourth-order valence-corrected chi connectivity index (χ4v) is 2.83. The molecule has 0 unspecified atom stereocenters. The van der Waals surface area contributed by atoms with E-state index in [1.54, 1.807) is 48.7 Å². The van der Waals surface area contributed by atoms with Gasteiger partial charge in [0, 0.05) is 34.8 Å². The van der Waals surface area contributed by atoms with Gasteiger partial charge in [-0.05, 0) is 42.0 Å². The Balaban J connectivity index is 1.69. The third kappa shape index (κ3) is 3.91. The summed E-state index contributed by atoms with van der Waals surface area (Å²) in [5.41, 5.74) is 4.93. The van der Waals surface area contributed by atoms with Crippen molar-refractivity contribution < 1.29 is 9.31 Å². The van der Waals surface area contributed by atoms with Crippen molar-refractivity contribution in [1.29, 1.82) is 0 Å². The maximum absolute atomic E-state index is 14.4. The largest absolute Gasteiger partial charge is 0.269 e. The summed E-state index contributed by atoms with van der Waals surface area (Å²) in [5, 5.41) is 15.7. The Morgan fingerprint density at radius 1 is 1.03 bits per heavy atom. The van der Waals surface area contributed by atoms with E-state index in [1.165, 1.54) is 24.4 Å². The van der Waals surface area contributed by atoms with E-state index in [9.17, 15) is 14.5 Å². The van der Waals surface area contributed by atoms with Crippen molar-refractivity contribution in [2.45, 2.75) is 0 Å². The maximum atomic E-state index is 14.4. The molecule has 0 amide bonds. The van der Waals surface area contributed by atoms with Gasteiger partial charge >= 0.3 is 0 Å². The molecule has 2 heterocycles. The van der Waals surface area contributed by atoms with Crippen molar-refractivity contribution >= 4 is 28.8 Å². The summed E-state index contributed by atoms with van der Waals surface area (Å²) in [4.78, 5) is 19.0. The molecule has 7 nitrogen and oxygen atoms in total. The molecule has 2 aromatic carbocycles. The highest BCUT2D eigenvalue weighted by Gasteiger charge is 2.13. The number of nitrogens with zero attached hydrogens (tertiary/aromatic N) is 4. The van der Waals surface area contributed by atoms with E-state index < -0.39 is 4.92 Å². The SMILES string of the molecule is O=[N+]([O-])c1ccc(/C=N/Nc2nc3ncccc3cc2-c2ccccc2F)cc1. The summed E-state index contributed by atoms with van der Waals surface area (Å²) >= 11 is 0. The Morgan fingerprint density at radius 3 is 2.59 bits per heavy atom. The number of hydrazone groups is 1. The van der Waals surface area contributed by atoms with Crippen LogP contribution in [0.25, 0.3) is 22.2 Å². The van der Waals surface area contributed by atoms with Crippen LogP contribution in [0.15, 0.2) is 78.0 Å². The van der Waals surface area contributed by atoms with Crippen LogP contribution in [0.2, 0.25) is 0 Å². The maximum Gasteiger partial charge on any atom is 0.269 e. The van der Waals surface area contributed by atoms with E-state index >= 15 is 0 Å². The lowest BCUT2D eigenvalue weighted by molar-refractivity contribution is -0.384. The van der Waals surface area contributed by atoms with E-state index in [0.717, 1.165) is 5.39 Å². The summed E-state index contributed by atoms with van der Waals surface area (Å²) in [7, 11) is 0. The zero-order valence-electron chi connectivity index (χ0n) is 15.0. The number of nitrogens with one attached hydrogen (secondary N) is 1. The number of non-ortho nitro benzene ring substituents is 1. The fourth-order valence-electron chi connectivity index (χ4n) is 2.83. The number of nitro groups is 1. The highest BCUT2D eigenvalue weighted by Crippen LogP contribution is 2.31. The minimum atomic E-state index is -0.466. The minimum absolute atomic E-state index is 0.000724. The lowest BCUT2D eigenvalue weighted by Crippen LogP contribution is -1.99. The van der Waals surface area contributed by atoms with Gasteiger partial charge in [0.15, 0.2) is 11.5 Å². The average molecular weight is 387 g/mol. The molecular formula is C21H14FN5O2. The summed E-state index contributed by atoms with van der Waals surface area (Å²) in [5.74, 6) is -0.0283. The first-order chi connectivity index (χ1) is 14.1. The molecule has 0 spiro atoms. The number of anilines is 1. The first kappa shape index (κ1) is 18.2. The fraction of sp³-hybridized carbons (Fsp3) is 0. The van der Waals surface area contributed by atoms with E-state index in [0.29, 0.717) is 28.2 Å². The lowest BCUT2D eigenvalue weighted by Gasteiger charge is -2.10. The molecule has 0 fully saturated rings. The van der Waals surface area contributed by atoms with Gasteiger partial charge in [-0.1, -0.05) is 18.2 Å². The molecule has 0 aliphatic heterocycles. The van der Waals surface area contributed by atoms with Crippen LogP contribution in [0.4, 0.5) is 15.9 Å². The van der Waals surface area contributed by atoms with Crippen LogP contribution < -0.4 is 5.43 Å². The lowest BCUT2D eigenvalue weighted by atomic mass is 10.0. The number of fused-ring (bicyclic) bond motifs is 1. The van der Waals surface area contributed by atoms with Gasteiger partial charge in [-0.15, -0.1) is 0 Å². The van der Waals surface area contributed by atoms with E-state index in [-0.39, 0.29) is 11.5 Å². The van der Waals surface area contributed by atoms with Gasteiger partial charge in [-0.2, -0.15) is 5.10 Å². The molecule has 4 aromatic rings. The van der Waals surface area contributed by atoms with Crippen molar-refractivity contribution in [2.75, 3.05) is 5.43 Å². The molecule has 0 atom stereocenters. The predicted molar refractivity (Wildman–Crippen MR) is 109 cm³/mol. The van der Waals surface area contributed by atoms with Crippen molar-refractivity contribution in [1.82, 2.24) is 9.97 Å². The predicted octanol–water partition coefficient (Wildman–Crippen LogP) is 4.79. The second-order valence-corrected chi connectivity index (χ2v) is 6.13. The van der Waals surface area contributed by atoms with Crippen molar-refractivity contribution in [3.8, 4) is 11.1 Å². The molecule has 0 saturated heterocycles. The van der Waals surface area contributed by atoms with Crippen LogP contribution in [0.3, 0.4) is 0 Å². The molecule has 29 heavy (non-hydrogen) atoms. The van der Waals surface area contributed by atoms with Gasteiger partial charge in [0.2, 0.25) is 0 Å². The number of nitro benzene ring substituents is 1. The second kappa shape index (κ2) is 7.81. The molecule has 0 aliphatic rings. The Labute approximate surface area is 164 Å². The normalized spacial score (nSPS) is 11.1. The van der Waals surface area contributed by atoms with Gasteiger partial charge in [-0.25, -0.2) is 14.4 Å². The topological polar surface area (TPSA) is 93.3 Å². The highest BCUT2D eigenvalue weighted by atomic mass is 19.1. The Bertz CT molecular complexity index is 1230. The average Bonchev–Trinajstić information content (AvgIpc) is 2.74. The van der Waals surface area contributed by atoms with Crippen LogP contribution in [-0.2, 0) is 0 Å². The standard InChI is InChI=1S/C21H14FN5O2/c22-19-6-2-1-5-17(19)18-12-15-4-3-11-23-20(15)25-21(18)26-24-13-14-7-9-16(10-8-14)27(28)29/h1-13H,(H,23,25,26)/b24-13+. The van der Waals surface area contributed by atoms with Gasteiger partial charge in [0.1, 0.15) is 5.82 Å². The smallest absolute Gasteiger partial charge is 0.261 e. The highest BCUT2D eigenvalue weighted by molar-refractivity contribution is 5.88. The molecule has 142 valence electrons. The monoisotopic (exact) mass is 387 g/mol. The number of rotatable bonds is 5. The summed E-state index contributed by atoms with van der Waals surface area (Å²) < 4.78 is 14.4. The molecule has 1 N–H and O–H groups in total. The minimum Gasteiger partial charge on any atom is -0.261 e. The number of hydrogen-bond acceptors (Lipinski definition) is 6. The van der Waals surface area contributed by atoms with Crippen LogP contribution in [0, 0.1) is 15.9 Å². The molecule has 8 heteroatoms. The third-order valence-electron chi connectivity index (χ3n) is 4.24. The Hall–Kier alpha value is -4.20. The van der Waals surface area contributed by atoms with E-state index in [4.69, 9.17) is 0 Å². The number of aromatic nitrogens is 2. The Kier molecular flexibility index (Phi) is 4.90. The summed E-state index contributed by atoms with van der Waals surface area (Å²) in [6.45, 7) is 0. The van der Waals surface area contributed by atoms with Crippen molar-refractivity contribution in [3.63, 3.8) is 0 Å². The van der Waals surface area contributed by atoms with Gasteiger partial charge in [0.05, 0.1) is 11.1 Å². The van der Waals surface area contributed by atoms with Crippen molar-refractivity contribution in [2.24, 2.45) is 5.10 Å². The van der Waals surface area contributed by atoms with Crippen LogP contribution >= 0.6 is 0 Å². The molecule has 2 aromatic heterocycles. The zero-order valence-corrected chi connectivity index (χ0v) is 15.0. The zero-order chi connectivity index (χ0) is 20.2. The molecule has 0 aliphatic carbocycles. The number of hydrogen-bond donors (Lipinski definition) is 1. The van der Waals surface area contributed by atoms with Gasteiger partial charge in [-0.3, -0.25) is 15.5 Å². The van der Waals surface area contributed by atoms with Gasteiger partial charge in [0.25, 0.3) is 5.69 Å². The number of halogens is 1. The number of benzene rings is 2. The molecule has 4 rings (SSSR count). The van der Waals surface area contributed by atoms with Crippen LogP contribution in [0.1, 0.15) is 5.56 Å².